The van der Waals surface area contributed by atoms with Crippen molar-refractivity contribution >= 4 is 34.4 Å². The molecule has 0 aliphatic rings. The minimum atomic E-state index is 0.241. The average Bonchev–Trinajstić information content (AvgIpc) is 2.84. The van der Waals surface area contributed by atoms with E-state index in [0.717, 1.165) is 5.69 Å². The van der Waals surface area contributed by atoms with E-state index in [2.05, 4.69) is 16.0 Å². The van der Waals surface area contributed by atoms with Crippen LogP contribution < -0.4 is 0 Å². The smallest absolute Gasteiger partial charge is 0.164 e. The summed E-state index contributed by atoms with van der Waals surface area (Å²) < 4.78 is 1.83. The quantitative estimate of drug-likeness (QED) is 0.678. The Balaban J connectivity index is 2.31. The van der Waals surface area contributed by atoms with Crippen molar-refractivity contribution in [2.24, 2.45) is 0 Å². The Morgan fingerprint density at radius 3 is 2.90 bits per heavy atom. The van der Waals surface area contributed by atoms with Gasteiger partial charge < -0.3 is 0 Å². The number of hydrogen-bond donors (Lipinski definition) is 0. The van der Waals surface area contributed by atoms with Crippen molar-refractivity contribution in [2.45, 2.75) is 5.88 Å². The first-order valence-electron chi connectivity index (χ1n) is 5.82. The van der Waals surface area contributed by atoms with E-state index in [0.29, 0.717) is 27.6 Å². The lowest BCUT2D eigenvalue weighted by atomic mass is 10.2. The number of fused-ring (bicyclic) bond motifs is 1. The number of pyridine rings is 1. The number of benzene rings is 1. The van der Waals surface area contributed by atoms with Crippen LogP contribution in [0.1, 0.15) is 11.4 Å². The fourth-order valence-electron chi connectivity index (χ4n) is 2.06. The molecule has 0 aliphatic carbocycles. The van der Waals surface area contributed by atoms with Crippen molar-refractivity contribution < 1.29 is 0 Å². The Morgan fingerprint density at radius 1 is 1.30 bits per heavy atom. The third-order valence-electron chi connectivity index (χ3n) is 2.89. The number of hydrogen-bond acceptors (Lipinski definition) is 3. The standard InChI is InChI=1S/C14H8Cl2N4/c15-6-13-19-12-5-10(16)8-18-14(12)20(13)11-3-1-2-9(4-11)7-17/h1-5,8H,6H2. The predicted octanol–water partition coefficient (Wildman–Crippen LogP) is 3.68. The molecule has 1 aromatic carbocycles. The van der Waals surface area contributed by atoms with Gasteiger partial charge in [-0.05, 0) is 24.3 Å². The zero-order valence-corrected chi connectivity index (χ0v) is 11.7. The molecule has 0 fully saturated rings. The van der Waals surface area contributed by atoms with Crippen LogP contribution in [0.2, 0.25) is 5.02 Å². The number of aromatic nitrogens is 3. The molecular weight excluding hydrogens is 295 g/mol. The van der Waals surface area contributed by atoms with Gasteiger partial charge in [-0.2, -0.15) is 5.26 Å². The molecule has 0 unspecified atom stereocenters. The summed E-state index contributed by atoms with van der Waals surface area (Å²) >= 11 is 11.9. The molecule has 98 valence electrons. The summed E-state index contributed by atoms with van der Waals surface area (Å²) in [5, 5.41) is 9.52. The van der Waals surface area contributed by atoms with Crippen LogP contribution in [-0.2, 0) is 5.88 Å². The lowest BCUT2D eigenvalue weighted by Crippen LogP contribution is -2.00. The van der Waals surface area contributed by atoms with Gasteiger partial charge in [0.2, 0.25) is 0 Å². The van der Waals surface area contributed by atoms with Gasteiger partial charge in [0.05, 0.1) is 28.2 Å². The number of halogens is 2. The molecule has 0 saturated heterocycles. The summed E-state index contributed by atoms with van der Waals surface area (Å²) in [6, 6.07) is 11.1. The van der Waals surface area contributed by atoms with Crippen LogP contribution in [0.15, 0.2) is 36.5 Å². The first kappa shape index (κ1) is 12.9. The number of nitriles is 1. The van der Waals surface area contributed by atoms with Crippen LogP contribution in [-0.4, -0.2) is 14.5 Å². The Morgan fingerprint density at radius 2 is 2.15 bits per heavy atom. The van der Waals surface area contributed by atoms with Crippen molar-refractivity contribution in [3.63, 3.8) is 0 Å². The van der Waals surface area contributed by atoms with E-state index in [4.69, 9.17) is 28.5 Å². The molecule has 2 aromatic heterocycles. The van der Waals surface area contributed by atoms with E-state index < -0.39 is 0 Å². The van der Waals surface area contributed by atoms with Gasteiger partial charge in [-0.1, -0.05) is 17.7 Å². The van der Waals surface area contributed by atoms with Gasteiger partial charge in [0, 0.05) is 6.20 Å². The van der Waals surface area contributed by atoms with Crippen molar-refractivity contribution in [3.05, 3.63) is 52.9 Å². The number of alkyl halides is 1. The second-order valence-electron chi connectivity index (χ2n) is 4.16. The molecule has 0 bridgehead atoms. The van der Waals surface area contributed by atoms with E-state index >= 15 is 0 Å². The summed E-state index contributed by atoms with van der Waals surface area (Å²) in [6.45, 7) is 0. The van der Waals surface area contributed by atoms with Crippen molar-refractivity contribution in [1.82, 2.24) is 14.5 Å². The van der Waals surface area contributed by atoms with Gasteiger partial charge in [-0.3, -0.25) is 4.57 Å². The fraction of sp³-hybridized carbons (Fsp3) is 0.0714. The lowest BCUT2D eigenvalue weighted by molar-refractivity contribution is 0.969. The van der Waals surface area contributed by atoms with Crippen LogP contribution in [0.25, 0.3) is 16.9 Å². The molecule has 0 atom stereocenters. The molecule has 0 N–H and O–H groups in total. The summed E-state index contributed by atoms with van der Waals surface area (Å²) in [5.74, 6) is 0.900. The van der Waals surface area contributed by atoms with Crippen molar-refractivity contribution in [1.29, 1.82) is 5.26 Å². The summed E-state index contributed by atoms with van der Waals surface area (Å²) in [7, 11) is 0. The van der Waals surface area contributed by atoms with Gasteiger partial charge in [-0.15, -0.1) is 11.6 Å². The Bertz CT molecular complexity index is 833. The Hall–Kier alpha value is -2.09. The minimum Gasteiger partial charge on any atom is -0.280 e. The minimum absolute atomic E-state index is 0.241. The van der Waals surface area contributed by atoms with E-state index in [1.807, 2.05) is 16.7 Å². The molecule has 0 aliphatic heterocycles. The molecule has 0 spiro atoms. The highest BCUT2D eigenvalue weighted by Crippen LogP contribution is 2.23. The second kappa shape index (κ2) is 5.12. The predicted molar refractivity (Wildman–Crippen MR) is 78.1 cm³/mol. The molecule has 0 saturated carbocycles. The monoisotopic (exact) mass is 302 g/mol. The van der Waals surface area contributed by atoms with Crippen molar-refractivity contribution in [2.75, 3.05) is 0 Å². The molecule has 0 amide bonds. The van der Waals surface area contributed by atoms with Crippen LogP contribution in [0.5, 0.6) is 0 Å². The zero-order chi connectivity index (χ0) is 14.1. The number of nitrogens with zero attached hydrogens (tertiary/aromatic N) is 4. The van der Waals surface area contributed by atoms with Crippen LogP contribution in [0, 0.1) is 11.3 Å². The van der Waals surface area contributed by atoms with Crippen LogP contribution >= 0.6 is 23.2 Å². The number of rotatable bonds is 2. The SMILES string of the molecule is N#Cc1cccc(-n2c(CCl)nc3cc(Cl)cnc32)c1. The average molecular weight is 303 g/mol. The molecule has 0 radical (unpaired) electrons. The molecule has 3 aromatic rings. The first-order valence-corrected chi connectivity index (χ1v) is 6.73. The molecule has 2 heterocycles. The van der Waals surface area contributed by atoms with E-state index in [9.17, 15) is 0 Å². The normalized spacial score (nSPS) is 10.7. The van der Waals surface area contributed by atoms with Gasteiger partial charge >= 0.3 is 0 Å². The maximum Gasteiger partial charge on any atom is 0.164 e. The molecule has 6 heteroatoms. The van der Waals surface area contributed by atoms with Gasteiger partial charge in [-0.25, -0.2) is 9.97 Å². The highest BCUT2D eigenvalue weighted by molar-refractivity contribution is 6.31. The van der Waals surface area contributed by atoms with Gasteiger partial charge in [0.25, 0.3) is 0 Å². The Kier molecular flexibility index (Phi) is 3.31. The summed E-state index contributed by atoms with van der Waals surface area (Å²) in [6.07, 6.45) is 1.56. The molecular formula is C14H8Cl2N4. The highest BCUT2D eigenvalue weighted by Gasteiger charge is 2.13. The second-order valence-corrected chi connectivity index (χ2v) is 4.86. The molecule has 4 nitrogen and oxygen atoms in total. The van der Waals surface area contributed by atoms with E-state index in [1.54, 1.807) is 24.4 Å². The topological polar surface area (TPSA) is 54.5 Å². The van der Waals surface area contributed by atoms with Gasteiger partial charge in [0.1, 0.15) is 11.3 Å². The summed E-state index contributed by atoms with van der Waals surface area (Å²) in [5.41, 5.74) is 2.71. The lowest BCUT2D eigenvalue weighted by Gasteiger charge is -2.07. The fourth-order valence-corrected chi connectivity index (χ4v) is 2.39. The van der Waals surface area contributed by atoms with Crippen LogP contribution in [0.4, 0.5) is 0 Å². The van der Waals surface area contributed by atoms with Gasteiger partial charge in [0.15, 0.2) is 5.65 Å². The first-order chi connectivity index (χ1) is 9.72. The van der Waals surface area contributed by atoms with Crippen molar-refractivity contribution in [3.8, 4) is 11.8 Å². The molecule has 20 heavy (non-hydrogen) atoms. The molecule has 3 rings (SSSR count). The third-order valence-corrected chi connectivity index (χ3v) is 3.33. The largest absolute Gasteiger partial charge is 0.280 e. The Labute approximate surface area is 125 Å². The zero-order valence-electron chi connectivity index (χ0n) is 10.2. The number of imidazole rings is 1. The maximum absolute atomic E-state index is 9.00. The summed E-state index contributed by atoms with van der Waals surface area (Å²) in [4.78, 5) is 8.73. The highest BCUT2D eigenvalue weighted by atomic mass is 35.5. The third kappa shape index (κ3) is 2.11. The maximum atomic E-state index is 9.00. The van der Waals surface area contributed by atoms with Crippen LogP contribution in [0.3, 0.4) is 0 Å². The van der Waals surface area contributed by atoms with E-state index in [-0.39, 0.29) is 5.88 Å². The van der Waals surface area contributed by atoms with E-state index in [1.165, 1.54) is 0 Å².